The minimum absolute atomic E-state index is 0.0706. The van der Waals surface area contributed by atoms with Gasteiger partial charge in [-0.25, -0.2) is 8.42 Å². The van der Waals surface area contributed by atoms with E-state index in [-0.39, 0.29) is 23.5 Å². The molecule has 1 heterocycles. The van der Waals surface area contributed by atoms with Gasteiger partial charge < -0.3 is 10.6 Å². The highest BCUT2D eigenvalue weighted by Gasteiger charge is 2.30. The molecule has 0 aliphatic carbocycles. The Bertz CT molecular complexity index is 381. The van der Waals surface area contributed by atoms with Gasteiger partial charge >= 0.3 is 0 Å². The van der Waals surface area contributed by atoms with Crippen LogP contribution in [0.5, 0.6) is 0 Å². The fraction of sp³-hybridized carbons (Fsp3) is 0.917. The summed E-state index contributed by atoms with van der Waals surface area (Å²) in [5, 5.41) is 0. The zero-order valence-corrected chi connectivity index (χ0v) is 12.1. The molecule has 18 heavy (non-hydrogen) atoms. The molecule has 106 valence electrons. The average molecular weight is 276 g/mol. The summed E-state index contributed by atoms with van der Waals surface area (Å²) in [6, 6.07) is -0.193. The number of carbonyl (C=O) groups excluding carboxylic acids is 1. The van der Waals surface area contributed by atoms with Crippen LogP contribution in [-0.2, 0) is 14.6 Å². The predicted molar refractivity (Wildman–Crippen MR) is 71.9 cm³/mol. The van der Waals surface area contributed by atoms with Gasteiger partial charge in [-0.15, -0.1) is 0 Å². The number of rotatable bonds is 5. The van der Waals surface area contributed by atoms with Gasteiger partial charge in [0.2, 0.25) is 5.91 Å². The molecule has 2 atom stereocenters. The van der Waals surface area contributed by atoms with E-state index in [2.05, 4.69) is 6.92 Å². The van der Waals surface area contributed by atoms with Crippen molar-refractivity contribution in [3.8, 4) is 0 Å². The van der Waals surface area contributed by atoms with Gasteiger partial charge in [0.05, 0.1) is 11.5 Å². The second-order valence-corrected chi connectivity index (χ2v) is 7.50. The lowest BCUT2D eigenvalue weighted by Crippen LogP contribution is -2.49. The van der Waals surface area contributed by atoms with E-state index in [4.69, 9.17) is 5.73 Å². The SMILES string of the molecule is CC(CCN)CCC(=O)N1CCS(=O)(=O)CC1C. The highest BCUT2D eigenvalue weighted by Crippen LogP contribution is 2.16. The van der Waals surface area contributed by atoms with E-state index in [1.807, 2.05) is 0 Å². The quantitative estimate of drug-likeness (QED) is 0.788. The molecule has 1 saturated heterocycles. The normalized spacial score (nSPS) is 24.8. The second-order valence-electron chi connectivity index (χ2n) is 5.27. The van der Waals surface area contributed by atoms with Gasteiger partial charge in [-0.1, -0.05) is 6.92 Å². The van der Waals surface area contributed by atoms with Crippen LogP contribution >= 0.6 is 0 Å². The lowest BCUT2D eigenvalue weighted by atomic mass is 10.0. The molecule has 0 spiro atoms. The van der Waals surface area contributed by atoms with E-state index < -0.39 is 9.84 Å². The summed E-state index contributed by atoms with van der Waals surface area (Å²) >= 11 is 0. The molecule has 0 bridgehead atoms. The number of nitrogens with two attached hydrogens (primary N) is 1. The third-order valence-electron chi connectivity index (χ3n) is 3.50. The third kappa shape index (κ3) is 4.57. The first kappa shape index (κ1) is 15.4. The Kier molecular flexibility index (Phi) is 5.59. The van der Waals surface area contributed by atoms with Gasteiger partial charge in [-0.05, 0) is 32.2 Å². The maximum atomic E-state index is 12.0. The average Bonchev–Trinajstić information content (AvgIpc) is 2.25. The van der Waals surface area contributed by atoms with Crippen molar-refractivity contribution in [3.63, 3.8) is 0 Å². The Labute approximate surface area is 110 Å². The van der Waals surface area contributed by atoms with Crippen molar-refractivity contribution in [3.05, 3.63) is 0 Å². The van der Waals surface area contributed by atoms with Crippen LogP contribution in [0.15, 0.2) is 0 Å². The Morgan fingerprint density at radius 1 is 1.44 bits per heavy atom. The van der Waals surface area contributed by atoms with Crippen LogP contribution in [0.25, 0.3) is 0 Å². The van der Waals surface area contributed by atoms with Crippen molar-refractivity contribution in [1.82, 2.24) is 4.90 Å². The molecule has 2 N–H and O–H groups in total. The monoisotopic (exact) mass is 276 g/mol. The first-order valence-electron chi connectivity index (χ1n) is 6.55. The van der Waals surface area contributed by atoms with E-state index in [9.17, 15) is 13.2 Å². The van der Waals surface area contributed by atoms with E-state index >= 15 is 0 Å². The maximum absolute atomic E-state index is 12.0. The first-order chi connectivity index (χ1) is 8.35. The molecule has 2 unspecified atom stereocenters. The standard InChI is InChI=1S/C12H24N2O3S/c1-10(5-6-13)3-4-12(15)14-7-8-18(16,17)9-11(14)2/h10-11H,3-9,13H2,1-2H3. The molecular weight excluding hydrogens is 252 g/mol. The van der Waals surface area contributed by atoms with Gasteiger partial charge in [0, 0.05) is 19.0 Å². The van der Waals surface area contributed by atoms with Crippen LogP contribution in [0.3, 0.4) is 0 Å². The van der Waals surface area contributed by atoms with Crippen LogP contribution < -0.4 is 5.73 Å². The van der Waals surface area contributed by atoms with Crippen LogP contribution in [0.1, 0.15) is 33.1 Å². The summed E-state index contributed by atoms with van der Waals surface area (Å²) in [7, 11) is -2.95. The van der Waals surface area contributed by atoms with Crippen molar-refractivity contribution in [2.24, 2.45) is 11.7 Å². The van der Waals surface area contributed by atoms with Crippen LogP contribution in [0.2, 0.25) is 0 Å². The van der Waals surface area contributed by atoms with Crippen molar-refractivity contribution < 1.29 is 13.2 Å². The first-order valence-corrected chi connectivity index (χ1v) is 8.38. The smallest absolute Gasteiger partial charge is 0.222 e. The van der Waals surface area contributed by atoms with Gasteiger partial charge in [-0.2, -0.15) is 0 Å². The van der Waals surface area contributed by atoms with Gasteiger partial charge in [0.25, 0.3) is 0 Å². The summed E-state index contributed by atoms with van der Waals surface area (Å²) in [4.78, 5) is 13.7. The Hall–Kier alpha value is -0.620. The van der Waals surface area contributed by atoms with Gasteiger partial charge in [0.1, 0.15) is 0 Å². The largest absolute Gasteiger partial charge is 0.338 e. The number of nitrogens with zero attached hydrogens (tertiary/aromatic N) is 1. The minimum Gasteiger partial charge on any atom is -0.338 e. The fourth-order valence-electron chi connectivity index (χ4n) is 2.31. The number of hydrogen-bond donors (Lipinski definition) is 1. The molecule has 0 aromatic heterocycles. The minimum atomic E-state index is -2.95. The lowest BCUT2D eigenvalue weighted by molar-refractivity contribution is -0.133. The molecule has 1 amide bonds. The number of hydrogen-bond acceptors (Lipinski definition) is 4. The van der Waals surface area contributed by atoms with Crippen molar-refractivity contribution in [2.75, 3.05) is 24.6 Å². The maximum Gasteiger partial charge on any atom is 0.222 e. The Morgan fingerprint density at radius 2 is 2.11 bits per heavy atom. The Morgan fingerprint density at radius 3 is 2.67 bits per heavy atom. The Balaban J connectivity index is 2.43. The molecule has 1 aliphatic rings. The van der Waals surface area contributed by atoms with E-state index in [0.29, 0.717) is 25.4 Å². The number of amides is 1. The van der Waals surface area contributed by atoms with Crippen LogP contribution in [0, 0.1) is 5.92 Å². The van der Waals surface area contributed by atoms with Gasteiger partial charge in [-0.3, -0.25) is 4.79 Å². The van der Waals surface area contributed by atoms with Crippen LogP contribution in [0.4, 0.5) is 0 Å². The molecule has 1 fully saturated rings. The zero-order valence-electron chi connectivity index (χ0n) is 11.3. The molecule has 1 rings (SSSR count). The highest BCUT2D eigenvalue weighted by atomic mass is 32.2. The molecule has 6 heteroatoms. The fourth-order valence-corrected chi connectivity index (χ4v) is 3.87. The molecule has 0 saturated carbocycles. The molecular formula is C12H24N2O3S. The summed E-state index contributed by atoms with van der Waals surface area (Å²) < 4.78 is 22.9. The summed E-state index contributed by atoms with van der Waals surface area (Å²) in [5.41, 5.74) is 5.47. The lowest BCUT2D eigenvalue weighted by Gasteiger charge is -2.33. The third-order valence-corrected chi connectivity index (χ3v) is 5.30. The molecule has 0 aromatic rings. The number of carbonyl (C=O) groups is 1. The van der Waals surface area contributed by atoms with Crippen molar-refractivity contribution >= 4 is 15.7 Å². The van der Waals surface area contributed by atoms with Crippen molar-refractivity contribution in [1.29, 1.82) is 0 Å². The number of sulfone groups is 1. The second kappa shape index (κ2) is 6.52. The molecule has 0 radical (unpaired) electrons. The summed E-state index contributed by atoms with van der Waals surface area (Å²) in [6.07, 6.45) is 2.24. The van der Waals surface area contributed by atoms with Crippen molar-refractivity contribution in [2.45, 2.75) is 39.2 Å². The predicted octanol–water partition coefficient (Wildman–Crippen LogP) is 0.397. The van der Waals surface area contributed by atoms with E-state index in [1.54, 1.807) is 11.8 Å². The van der Waals surface area contributed by atoms with Crippen LogP contribution in [-0.4, -0.2) is 49.9 Å². The summed E-state index contributed by atoms with van der Waals surface area (Å²) in [6.45, 7) is 4.88. The molecule has 5 nitrogen and oxygen atoms in total. The highest BCUT2D eigenvalue weighted by molar-refractivity contribution is 7.91. The van der Waals surface area contributed by atoms with E-state index in [1.165, 1.54) is 0 Å². The zero-order chi connectivity index (χ0) is 13.8. The van der Waals surface area contributed by atoms with E-state index in [0.717, 1.165) is 12.8 Å². The van der Waals surface area contributed by atoms with Gasteiger partial charge in [0.15, 0.2) is 9.84 Å². The topological polar surface area (TPSA) is 80.5 Å². The molecule has 1 aliphatic heterocycles. The summed E-state index contributed by atoms with van der Waals surface area (Å²) in [5.74, 6) is 0.711. The molecule has 0 aromatic carbocycles.